The number of amides is 2. The lowest BCUT2D eigenvalue weighted by molar-refractivity contribution is -0.140. The predicted octanol–water partition coefficient (Wildman–Crippen LogP) is 2.00. The summed E-state index contributed by atoms with van der Waals surface area (Å²) in [5, 5.41) is 8.56. The normalized spacial score (nSPS) is 20.5. The number of imide groups is 1. The molecule has 6 nitrogen and oxygen atoms in total. The van der Waals surface area contributed by atoms with E-state index in [4.69, 9.17) is 9.52 Å². The second-order valence-corrected chi connectivity index (χ2v) is 5.80. The molecule has 2 amide bonds. The quantitative estimate of drug-likeness (QED) is 0.836. The van der Waals surface area contributed by atoms with Gasteiger partial charge >= 0.3 is 5.97 Å². The molecule has 0 bridgehead atoms. The molecule has 2 heterocycles. The molecule has 108 valence electrons. The first-order valence-electron chi connectivity index (χ1n) is 6.29. The number of carboxylic acid groups (broad SMARTS) is 1. The van der Waals surface area contributed by atoms with E-state index in [1.807, 2.05) is 13.8 Å². The lowest BCUT2D eigenvalue weighted by Crippen LogP contribution is -2.38. The van der Waals surface area contributed by atoms with Gasteiger partial charge in [-0.05, 0) is 25.5 Å². The highest BCUT2D eigenvalue weighted by Crippen LogP contribution is 2.33. The van der Waals surface area contributed by atoms with Crippen LogP contribution in [0, 0.1) is 0 Å². The average molecular weight is 297 g/mol. The van der Waals surface area contributed by atoms with Crippen LogP contribution in [0.4, 0.5) is 0 Å². The first-order chi connectivity index (χ1) is 9.43. The molecule has 1 aliphatic rings. The highest BCUT2D eigenvalue weighted by Gasteiger charge is 2.41. The fraction of sp³-hybridized carbons (Fsp3) is 0.462. The van der Waals surface area contributed by atoms with Crippen molar-refractivity contribution >= 4 is 29.5 Å². The summed E-state index contributed by atoms with van der Waals surface area (Å²) >= 11 is 1.09. The molecule has 1 aromatic heterocycles. The molecule has 1 aromatic rings. The van der Waals surface area contributed by atoms with E-state index < -0.39 is 11.2 Å². The van der Waals surface area contributed by atoms with Crippen LogP contribution in [0.25, 0.3) is 0 Å². The summed E-state index contributed by atoms with van der Waals surface area (Å²) < 4.78 is 5.09. The summed E-state index contributed by atoms with van der Waals surface area (Å²) in [6.45, 7) is 3.75. The number of rotatable bonds is 5. The zero-order chi connectivity index (χ0) is 14.9. The second kappa shape index (κ2) is 5.70. The SMILES string of the molecule is CCC(C)N1C(=O)CC(Sc2ccc(C(=O)O)o2)C1=O. The molecule has 1 fully saturated rings. The van der Waals surface area contributed by atoms with Gasteiger partial charge in [-0.15, -0.1) is 0 Å². The lowest BCUT2D eigenvalue weighted by Gasteiger charge is -2.21. The third kappa shape index (κ3) is 2.72. The summed E-state index contributed by atoms with van der Waals surface area (Å²) in [7, 11) is 0. The van der Waals surface area contributed by atoms with E-state index >= 15 is 0 Å². The van der Waals surface area contributed by atoms with Crippen molar-refractivity contribution in [2.24, 2.45) is 0 Å². The first-order valence-corrected chi connectivity index (χ1v) is 7.17. The first kappa shape index (κ1) is 14.6. The summed E-state index contributed by atoms with van der Waals surface area (Å²) in [6, 6.07) is 2.71. The Morgan fingerprint density at radius 2 is 2.25 bits per heavy atom. The molecular formula is C13H15NO5S. The van der Waals surface area contributed by atoms with Crippen LogP contribution in [0.5, 0.6) is 0 Å². The van der Waals surface area contributed by atoms with Crippen LogP contribution in [-0.2, 0) is 9.59 Å². The molecule has 1 saturated heterocycles. The van der Waals surface area contributed by atoms with E-state index in [-0.39, 0.29) is 30.0 Å². The van der Waals surface area contributed by atoms with E-state index in [9.17, 15) is 14.4 Å². The molecule has 20 heavy (non-hydrogen) atoms. The number of thioether (sulfide) groups is 1. The lowest BCUT2D eigenvalue weighted by atomic mass is 10.2. The molecule has 1 N–H and O–H groups in total. The van der Waals surface area contributed by atoms with Crippen LogP contribution in [0.1, 0.15) is 37.2 Å². The summed E-state index contributed by atoms with van der Waals surface area (Å²) in [4.78, 5) is 36.1. The Hall–Kier alpha value is -1.76. The Morgan fingerprint density at radius 1 is 1.55 bits per heavy atom. The number of hydrogen-bond donors (Lipinski definition) is 1. The van der Waals surface area contributed by atoms with E-state index in [1.54, 1.807) is 0 Å². The fourth-order valence-corrected chi connectivity index (χ4v) is 3.00. The molecule has 1 aliphatic heterocycles. The van der Waals surface area contributed by atoms with Gasteiger partial charge in [0, 0.05) is 12.5 Å². The van der Waals surface area contributed by atoms with E-state index in [2.05, 4.69) is 0 Å². The van der Waals surface area contributed by atoms with Crippen molar-refractivity contribution in [1.82, 2.24) is 4.90 Å². The van der Waals surface area contributed by atoms with Crippen LogP contribution < -0.4 is 0 Å². The fourth-order valence-electron chi connectivity index (χ4n) is 2.00. The van der Waals surface area contributed by atoms with Crippen molar-refractivity contribution in [3.63, 3.8) is 0 Å². The minimum absolute atomic E-state index is 0.119. The number of carbonyl (C=O) groups excluding carboxylic acids is 2. The highest BCUT2D eigenvalue weighted by molar-refractivity contribution is 8.00. The molecule has 0 saturated carbocycles. The number of carboxylic acids is 1. The number of aromatic carboxylic acids is 1. The van der Waals surface area contributed by atoms with Gasteiger partial charge in [0.1, 0.15) is 5.25 Å². The zero-order valence-electron chi connectivity index (χ0n) is 11.2. The molecule has 7 heteroatoms. The van der Waals surface area contributed by atoms with Crippen molar-refractivity contribution in [3.05, 3.63) is 17.9 Å². The van der Waals surface area contributed by atoms with Crippen molar-refractivity contribution in [3.8, 4) is 0 Å². The van der Waals surface area contributed by atoms with Gasteiger partial charge in [-0.25, -0.2) is 4.79 Å². The van der Waals surface area contributed by atoms with Gasteiger partial charge in [0.05, 0.1) is 0 Å². The van der Waals surface area contributed by atoms with E-state index in [0.717, 1.165) is 11.8 Å². The van der Waals surface area contributed by atoms with Crippen molar-refractivity contribution in [1.29, 1.82) is 0 Å². The standard InChI is InChI=1S/C13H15NO5S/c1-3-7(2)14-10(15)6-9(12(14)16)20-11-5-4-8(19-11)13(17)18/h4-5,7,9H,3,6H2,1-2H3,(H,17,18). The minimum atomic E-state index is -1.16. The third-order valence-electron chi connectivity index (χ3n) is 3.22. The smallest absolute Gasteiger partial charge is 0.371 e. The molecule has 0 aliphatic carbocycles. The van der Waals surface area contributed by atoms with Crippen LogP contribution >= 0.6 is 11.8 Å². The Morgan fingerprint density at radius 3 is 2.80 bits per heavy atom. The Kier molecular flexibility index (Phi) is 4.17. The zero-order valence-corrected chi connectivity index (χ0v) is 12.0. The van der Waals surface area contributed by atoms with Gasteiger partial charge in [0.25, 0.3) is 0 Å². The van der Waals surface area contributed by atoms with Crippen molar-refractivity contribution < 1.29 is 23.9 Å². The van der Waals surface area contributed by atoms with E-state index in [1.165, 1.54) is 17.0 Å². The number of hydrogen-bond acceptors (Lipinski definition) is 5. The van der Waals surface area contributed by atoms with Gasteiger partial charge in [0.15, 0.2) is 5.09 Å². The average Bonchev–Trinajstić information content (AvgIpc) is 2.96. The Labute approximate surface area is 120 Å². The largest absolute Gasteiger partial charge is 0.475 e. The third-order valence-corrected chi connectivity index (χ3v) is 4.33. The van der Waals surface area contributed by atoms with Crippen LogP contribution in [0.3, 0.4) is 0 Å². The summed E-state index contributed by atoms with van der Waals surface area (Å²) in [5.41, 5.74) is 0. The maximum Gasteiger partial charge on any atom is 0.371 e. The maximum atomic E-state index is 12.2. The molecule has 0 radical (unpaired) electrons. The molecule has 0 aromatic carbocycles. The monoisotopic (exact) mass is 297 g/mol. The van der Waals surface area contributed by atoms with Crippen LogP contribution in [0.2, 0.25) is 0 Å². The Balaban J connectivity index is 2.09. The van der Waals surface area contributed by atoms with Crippen molar-refractivity contribution in [2.75, 3.05) is 0 Å². The summed E-state index contributed by atoms with van der Waals surface area (Å²) in [6.07, 6.45) is 0.829. The van der Waals surface area contributed by atoms with Gasteiger partial charge in [-0.2, -0.15) is 0 Å². The molecule has 2 rings (SSSR count). The summed E-state index contributed by atoms with van der Waals surface area (Å²) in [5.74, 6) is -1.76. The minimum Gasteiger partial charge on any atom is -0.475 e. The second-order valence-electron chi connectivity index (χ2n) is 4.59. The molecular weight excluding hydrogens is 282 g/mol. The molecule has 0 spiro atoms. The predicted molar refractivity (Wildman–Crippen MR) is 71.5 cm³/mol. The van der Waals surface area contributed by atoms with Gasteiger partial charge < -0.3 is 9.52 Å². The van der Waals surface area contributed by atoms with Crippen LogP contribution in [-0.4, -0.2) is 39.1 Å². The maximum absolute atomic E-state index is 12.2. The number of nitrogens with zero attached hydrogens (tertiary/aromatic N) is 1. The highest BCUT2D eigenvalue weighted by atomic mass is 32.2. The number of carbonyl (C=O) groups is 3. The van der Waals surface area contributed by atoms with Crippen molar-refractivity contribution in [2.45, 2.75) is 43.1 Å². The number of likely N-dealkylation sites (tertiary alicyclic amines) is 1. The number of furan rings is 1. The molecule has 2 unspecified atom stereocenters. The molecule has 2 atom stereocenters. The van der Waals surface area contributed by atoms with Gasteiger partial charge in [0.2, 0.25) is 17.6 Å². The topological polar surface area (TPSA) is 87.8 Å². The van der Waals surface area contributed by atoms with Crippen LogP contribution in [0.15, 0.2) is 21.6 Å². The van der Waals surface area contributed by atoms with Gasteiger partial charge in [-0.3, -0.25) is 14.5 Å². The Bertz CT molecular complexity index is 553. The van der Waals surface area contributed by atoms with E-state index in [0.29, 0.717) is 11.5 Å². The van der Waals surface area contributed by atoms with Gasteiger partial charge in [-0.1, -0.05) is 18.7 Å².